The largest absolute Gasteiger partial charge is 0.389 e. The summed E-state index contributed by atoms with van der Waals surface area (Å²) in [5, 5.41) is 17.3. The number of nitrogens with zero attached hydrogens (tertiary/aromatic N) is 4. The van der Waals surface area contributed by atoms with Crippen LogP contribution in [0.25, 0.3) is 16.9 Å². The van der Waals surface area contributed by atoms with Gasteiger partial charge in [-0.3, -0.25) is 4.98 Å². The van der Waals surface area contributed by atoms with Gasteiger partial charge < -0.3 is 15.2 Å². The van der Waals surface area contributed by atoms with E-state index in [1.807, 2.05) is 0 Å². The first-order valence-corrected chi connectivity index (χ1v) is 8.19. The highest BCUT2D eigenvalue weighted by molar-refractivity contribution is 6.33. The fraction of sp³-hybridized carbons (Fsp3) is 0.312. The third kappa shape index (κ3) is 2.92. The molecule has 2 atom stereocenters. The van der Waals surface area contributed by atoms with Gasteiger partial charge in [0.2, 0.25) is 5.95 Å². The van der Waals surface area contributed by atoms with Crippen LogP contribution >= 0.6 is 11.6 Å². The van der Waals surface area contributed by atoms with Crippen molar-refractivity contribution in [1.29, 1.82) is 0 Å². The minimum Gasteiger partial charge on any atom is -0.389 e. The number of rotatable bonds is 3. The molecule has 0 bridgehead atoms. The molecule has 130 valence electrons. The highest BCUT2D eigenvalue weighted by atomic mass is 35.5. The number of anilines is 1. The molecule has 0 radical (unpaired) electrons. The molecule has 3 aromatic rings. The molecule has 1 aliphatic heterocycles. The summed E-state index contributed by atoms with van der Waals surface area (Å²) in [7, 11) is 0. The predicted molar refractivity (Wildman–Crippen MR) is 90.0 cm³/mol. The quantitative estimate of drug-likeness (QED) is 0.741. The van der Waals surface area contributed by atoms with Crippen LogP contribution in [0, 0.1) is 5.82 Å². The lowest BCUT2D eigenvalue weighted by Crippen LogP contribution is -2.42. The van der Waals surface area contributed by atoms with E-state index in [0.717, 1.165) is 0 Å². The van der Waals surface area contributed by atoms with Gasteiger partial charge in [0.1, 0.15) is 16.2 Å². The van der Waals surface area contributed by atoms with Crippen molar-refractivity contribution >= 4 is 23.1 Å². The standard InChI is InChI=1S/C16H15ClFN5O2/c17-13-14(18)11-7-20-16(21-9-4-6-25-8-12(9)24)22-23(11)15(13)10-3-1-2-5-19-10/h1-3,5,7,9,12,24H,4,6,8H2,(H,21,22)/t9-,12?/m1/s1. The van der Waals surface area contributed by atoms with Gasteiger partial charge in [0.15, 0.2) is 5.82 Å². The first-order chi connectivity index (χ1) is 12.1. The van der Waals surface area contributed by atoms with Crippen LogP contribution < -0.4 is 5.32 Å². The zero-order chi connectivity index (χ0) is 17.4. The average Bonchev–Trinajstić information content (AvgIpc) is 2.88. The van der Waals surface area contributed by atoms with Crippen molar-refractivity contribution in [2.45, 2.75) is 18.6 Å². The van der Waals surface area contributed by atoms with Crippen LogP contribution in [0.2, 0.25) is 5.02 Å². The van der Waals surface area contributed by atoms with E-state index >= 15 is 0 Å². The molecule has 0 aliphatic carbocycles. The summed E-state index contributed by atoms with van der Waals surface area (Å²) in [6.07, 6.45) is 2.92. The normalized spacial score (nSPS) is 20.8. The Kier molecular flexibility index (Phi) is 4.24. The number of nitrogens with one attached hydrogen (secondary N) is 1. The number of pyridine rings is 1. The number of halogens is 2. The van der Waals surface area contributed by atoms with Crippen molar-refractivity contribution in [3.8, 4) is 11.4 Å². The maximum absolute atomic E-state index is 14.4. The fourth-order valence-electron chi connectivity index (χ4n) is 2.83. The van der Waals surface area contributed by atoms with Gasteiger partial charge in [-0.15, -0.1) is 5.10 Å². The molecule has 0 saturated carbocycles. The summed E-state index contributed by atoms with van der Waals surface area (Å²) in [5.41, 5.74) is 1.01. The van der Waals surface area contributed by atoms with Gasteiger partial charge in [0.25, 0.3) is 0 Å². The summed E-state index contributed by atoms with van der Waals surface area (Å²) in [6.45, 7) is 0.795. The number of aromatic nitrogens is 4. The molecule has 1 fully saturated rings. The van der Waals surface area contributed by atoms with Crippen LogP contribution in [0.4, 0.5) is 10.3 Å². The fourth-order valence-corrected chi connectivity index (χ4v) is 3.10. The Morgan fingerprint density at radius 2 is 2.24 bits per heavy atom. The molecule has 0 aromatic carbocycles. The molecule has 2 N–H and O–H groups in total. The van der Waals surface area contributed by atoms with E-state index in [2.05, 4.69) is 20.4 Å². The van der Waals surface area contributed by atoms with Crippen LogP contribution in [0.1, 0.15) is 6.42 Å². The van der Waals surface area contributed by atoms with E-state index in [1.54, 1.807) is 24.4 Å². The van der Waals surface area contributed by atoms with Gasteiger partial charge in [-0.25, -0.2) is 13.9 Å². The second-order valence-electron chi connectivity index (χ2n) is 5.75. The molecule has 3 aromatic heterocycles. The molecule has 7 nitrogen and oxygen atoms in total. The second kappa shape index (κ2) is 6.55. The Labute approximate surface area is 147 Å². The Bertz CT molecular complexity index is 904. The monoisotopic (exact) mass is 363 g/mol. The Morgan fingerprint density at radius 3 is 3.00 bits per heavy atom. The van der Waals surface area contributed by atoms with E-state index in [1.165, 1.54) is 10.7 Å². The van der Waals surface area contributed by atoms with Crippen molar-refractivity contribution in [3.63, 3.8) is 0 Å². The maximum atomic E-state index is 14.4. The van der Waals surface area contributed by atoms with E-state index < -0.39 is 11.9 Å². The molecule has 4 rings (SSSR count). The lowest BCUT2D eigenvalue weighted by Gasteiger charge is -2.28. The summed E-state index contributed by atoms with van der Waals surface area (Å²) < 4.78 is 21.0. The molecule has 0 amide bonds. The van der Waals surface area contributed by atoms with E-state index in [4.69, 9.17) is 16.3 Å². The van der Waals surface area contributed by atoms with Crippen molar-refractivity contribution in [2.24, 2.45) is 0 Å². The average molecular weight is 364 g/mol. The SMILES string of the molecule is OC1COCC[C@H]1Nc1ncc2c(F)c(Cl)c(-c3ccccn3)n2n1. The third-order valence-electron chi connectivity index (χ3n) is 4.12. The first kappa shape index (κ1) is 16.2. The van der Waals surface area contributed by atoms with Gasteiger partial charge in [0, 0.05) is 12.8 Å². The van der Waals surface area contributed by atoms with E-state index in [0.29, 0.717) is 24.4 Å². The topological polar surface area (TPSA) is 84.6 Å². The molecule has 4 heterocycles. The first-order valence-electron chi connectivity index (χ1n) is 7.81. The number of aliphatic hydroxyl groups is 1. The van der Waals surface area contributed by atoms with Gasteiger partial charge in [0.05, 0.1) is 30.6 Å². The van der Waals surface area contributed by atoms with Crippen LogP contribution in [-0.2, 0) is 4.74 Å². The number of hydrogen-bond donors (Lipinski definition) is 2. The number of hydrogen-bond acceptors (Lipinski definition) is 6. The summed E-state index contributed by atoms with van der Waals surface area (Å²) in [5.74, 6) is -0.331. The van der Waals surface area contributed by atoms with Crippen LogP contribution in [0.3, 0.4) is 0 Å². The molecule has 9 heteroatoms. The maximum Gasteiger partial charge on any atom is 0.241 e. The third-order valence-corrected chi connectivity index (χ3v) is 4.46. The van der Waals surface area contributed by atoms with Crippen molar-refractivity contribution in [1.82, 2.24) is 19.6 Å². The molecular formula is C16H15ClFN5O2. The van der Waals surface area contributed by atoms with Crippen molar-refractivity contribution < 1.29 is 14.2 Å². The van der Waals surface area contributed by atoms with E-state index in [-0.39, 0.29) is 29.1 Å². The van der Waals surface area contributed by atoms with Crippen molar-refractivity contribution in [2.75, 3.05) is 18.5 Å². The molecular weight excluding hydrogens is 349 g/mol. The van der Waals surface area contributed by atoms with Gasteiger partial charge in [-0.1, -0.05) is 17.7 Å². The molecule has 1 saturated heterocycles. The molecule has 25 heavy (non-hydrogen) atoms. The van der Waals surface area contributed by atoms with Crippen LogP contribution in [0.15, 0.2) is 30.6 Å². The molecule has 0 spiro atoms. The minimum absolute atomic E-state index is 0.0590. The number of aliphatic hydroxyl groups excluding tert-OH is 1. The molecule has 1 unspecified atom stereocenters. The van der Waals surface area contributed by atoms with E-state index in [9.17, 15) is 9.50 Å². The zero-order valence-corrected chi connectivity index (χ0v) is 13.8. The van der Waals surface area contributed by atoms with Crippen molar-refractivity contribution in [3.05, 3.63) is 41.4 Å². The zero-order valence-electron chi connectivity index (χ0n) is 13.1. The molecule has 1 aliphatic rings. The van der Waals surface area contributed by atoms with Crippen LogP contribution in [-0.4, -0.2) is 50.0 Å². The minimum atomic E-state index is -0.659. The Morgan fingerprint density at radius 1 is 1.36 bits per heavy atom. The Balaban J connectivity index is 1.77. The van der Waals surface area contributed by atoms with Gasteiger partial charge in [-0.05, 0) is 18.6 Å². The highest BCUT2D eigenvalue weighted by Crippen LogP contribution is 2.33. The summed E-state index contributed by atoms with van der Waals surface area (Å²) in [4.78, 5) is 8.35. The lowest BCUT2D eigenvalue weighted by molar-refractivity contribution is -0.0136. The van der Waals surface area contributed by atoms with Crippen LogP contribution in [0.5, 0.6) is 0 Å². The highest BCUT2D eigenvalue weighted by Gasteiger charge is 2.25. The number of ether oxygens (including phenoxy) is 1. The Hall–Kier alpha value is -2.29. The second-order valence-corrected chi connectivity index (χ2v) is 6.13. The van der Waals surface area contributed by atoms with Gasteiger partial charge >= 0.3 is 0 Å². The van der Waals surface area contributed by atoms with Gasteiger partial charge in [-0.2, -0.15) is 0 Å². The lowest BCUT2D eigenvalue weighted by atomic mass is 10.1. The summed E-state index contributed by atoms with van der Waals surface area (Å²) in [6, 6.07) is 5.04. The summed E-state index contributed by atoms with van der Waals surface area (Å²) >= 11 is 6.16. The predicted octanol–water partition coefficient (Wildman–Crippen LogP) is 2.15. The number of fused-ring (bicyclic) bond motifs is 1. The smallest absolute Gasteiger partial charge is 0.241 e.